The van der Waals surface area contributed by atoms with Gasteiger partial charge in [0, 0.05) is 24.7 Å². The fourth-order valence-corrected chi connectivity index (χ4v) is 2.04. The molecule has 0 aliphatic carbocycles. The Kier molecular flexibility index (Phi) is 4.35. The average Bonchev–Trinajstić information content (AvgIpc) is 2.01. The molecule has 1 aliphatic rings. The fourth-order valence-electron chi connectivity index (χ4n) is 2.04. The largest absolute Gasteiger partial charge is 0.313 e. The Morgan fingerprint density at radius 2 is 2.14 bits per heavy atom. The SMILES string of the molecule is CN(C)CCNC1CCNC(C)(C)C1. The number of piperidine rings is 1. The van der Waals surface area contributed by atoms with E-state index in [-0.39, 0.29) is 0 Å². The zero-order valence-corrected chi connectivity index (χ0v) is 10.1. The van der Waals surface area contributed by atoms with E-state index in [1.165, 1.54) is 12.8 Å². The van der Waals surface area contributed by atoms with Gasteiger partial charge in [-0.1, -0.05) is 0 Å². The molecule has 1 atom stereocenters. The van der Waals surface area contributed by atoms with Crippen molar-refractivity contribution in [2.75, 3.05) is 33.7 Å². The lowest BCUT2D eigenvalue weighted by atomic mass is 9.89. The monoisotopic (exact) mass is 199 g/mol. The van der Waals surface area contributed by atoms with Crippen LogP contribution in [0.1, 0.15) is 26.7 Å². The van der Waals surface area contributed by atoms with E-state index in [9.17, 15) is 0 Å². The Labute approximate surface area is 88.2 Å². The first-order valence-electron chi connectivity index (χ1n) is 5.63. The molecule has 2 N–H and O–H groups in total. The summed E-state index contributed by atoms with van der Waals surface area (Å²) in [5, 5.41) is 7.16. The Bertz CT molecular complexity index is 166. The van der Waals surface area contributed by atoms with Crippen molar-refractivity contribution in [3.05, 3.63) is 0 Å². The maximum Gasteiger partial charge on any atom is 0.0139 e. The number of nitrogens with zero attached hydrogens (tertiary/aromatic N) is 1. The van der Waals surface area contributed by atoms with Gasteiger partial charge >= 0.3 is 0 Å². The topological polar surface area (TPSA) is 27.3 Å². The molecule has 0 amide bonds. The first-order valence-corrected chi connectivity index (χ1v) is 5.63. The Balaban J connectivity index is 2.18. The molecule has 0 aromatic heterocycles. The molecule has 1 unspecified atom stereocenters. The first-order chi connectivity index (χ1) is 6.49. The molecule has 1 rings (SSSR count). The number of nitrogens with one attached hydrogen (secondary N) is 2. The van der Waals surface area contributed by atoms with Gasteiger partial charge in [0.05, 0.1) is 0 Å². The van der Waals surface area contributed by atoms with Crippen LogP contribution >= 0.6 is 0 Å². The highest BCUT2D eigenvalue weighted by atomic mass is 15.1. The van der Waals surface area contributed by atoms with Gasteiger partial charge in [0.2, 0.25) is 0 Å². The van der Waals surface area contributed by atoms with Crippen LogP contribution in [0.25, 0.3) is 0 Å². The third-order valence-corrected chi connectivity index (χ3v) is 2.85. The van der Waals surface area contributed by atoms with E-state index in [1.54, 1.807) is 0 Å². The Morgan fingerprint density at radius 1 is 1.43 bits per heavy atom. The predicted molar refractivity (Wildman–Crippen MR) is 61.7 cm³/mol. The van der Waals surface area contributed by atoms with Gasteiger partial charge in [-0.25, -0.2) is 0 Å². The molecule has 0 radical (unpaired) electrons. The quantitative estimate of drug-likeness (QED) is 0.697. The van der Waals surface area contributed by atoms with E-state index < -0.39 is 0 Å². The molecule has 84 valence electrons. The molecule has 1 heterocycles. The average molecular weight is 199 g/mol. The molecule has 0 aromatic rings. The van der Waals surface area contributed by atoms with Gasteiger partial charge in [-0.15, -0.1) is 0 Å². The maximum atomic E-state index is 3.63. The van der Waals surface area contributed by atoms with E-state index >= 15 is 0 Å². The maximum absolute atomic E-state index is 3.63. The van der Waals surface area contributed by atoms with E-state index in [4.69, 9.17) is 0 Å². The van der Waals surface area contributed by atoms with E-state index in [2.05, 4.69) is 43.5 Å². The summed E-state index contributed by atoms with van der Waals surface area (Å²) in [5.41, 5.74) is 0.314. The van der Waals surface area contributed by atoms with Crippen molar-refractivity contribution in [2.45, 2.75) is 38.3 Å². The van der Waals surface area contributed by atoms with Crippen molar-refractivity contribution in [1.82, 2.24) is 15.5 Å². The van der Waals surface area contributed by atoms with Crippen LogP contribution in [0.15, 0.2) is 0 Å². The number of hydrogen-bond acceptors (Lipinski definition) is 3. The van der Waals surface area contributed by atoms with Crippen LogP contribution in [0.5, 0.6) is 0 Å². The van der Waals surface area contributed by atoms with Crippen LogP contribution in [0, 0.1) is 0 Å². The van der Waals surface area contributed by atoms with Crippen molar-refractivity contribution in [1.29, 1.82) is 0 Å². The molecule has 1 fully saturated rings. The van der Waals surface area contributed by atoms with Crippen LogP contribution in [-0.2, 0) is 0 Å². The summed E-state index contributed by atoms with van der Waals surface area (Å²) in [6.45, 7) is 7.95. The molecule has 14 heavy (non-hydrogen) atoms. The summed E-state index contributed by atoms with van der Waals surface area (Å²) < 4.78 is 0. The number of hydrogen-bond donors (Lipinski definition) is 2. The van der Waals surface area contributed by atoms with Crippen molar-refractivity contribution in [3.63, 3.8) is 0 Å². The molecule has 0 bridgehead atoms. The highest BCUT2D eigenvalue weighted by Crippen LogP contribution is 2.17. The molecule has 3 heteroatoms. The molecule has 1 saturated heterocycles. The molecule has 3 nitrogen and oxygen atoms in total. The van der Waals surface area contributed by atoms with Gasteiger partial charge < -0.3 is 15.5 Å². The van der Waals surface area contributed by atoms with Crippen LogP contribution < -0.4 is 10.6 Å². The van der Waals surface area contributed by atoms with E-state index in [0.29, 0.717) is 11.6 Å². The molecule has 0 aromatic carbocycles. The molecule has 1 aliphatic heterocycles. The second kappa shape index (κ2) is 5.10. The lowest BCUT2D eigenvalue weighted by Gasteiger charge is -2.37. The highest BCUT2D eigenvalue weighted by Gasteiger charge is 2.26. The molecular formula is C11H25N3. The minimum Gasteiger partial charge on any atom is -0.313 e. The molecular weight excluding hydrogens is 174 g/mol. The van der Waals surface area contributed by atoms with Crippen molar-refractivity contribution >= 4 is 0 Å². The summed E-state index contributed by atoms with van der Waals surface area (Å²) in [6, 6.07) is 0.700. The summed E-state index contributed by atoms with van der Waals surface area (Å²) in [4.78, 5) is 2.22. The summed E-state index contributed by atoms with van der Waals surface area (Å²) in [6.07, 6.45) is 2.50. The summed E-state index contributed by atoms with van der Waals surface area (Å²) >= 11 is 0. The normalized spacial score (nSPS) is 26.8. The summed E-state index contributed by atoms with van der Waals surface area (Å²) in [7, 11) is 4.24. The van der Waals surface area contributed by atoms with E-state index in [0.717, 1.165) is 19.6 Å². The number of likely N-dealkylation sites (N-methyl/N-ethyl adjacent to an activating group) is 1. The minimum absolute atomic E-state index is 0.314. The van der Waals surface area contributed by atoms with Crippen LogP contribution in [-0.4, -0.2) is 50.2 Å². The van der Waals surface area contributed by atoms with E-state index in [1.807, 2.05) is 0 Å². The smallest absolute Gasteiger partial charge is 0.0139 e. The van der Waals surface area contributed by atoms with Gasteiger partial charge in [-0.3, -0.25) is 0 Å². The lowest BCUT2D eigenvalue weighted by Crippen LogP contribution is -2.52. The van der Waals surface area contributed by atoms with Gasteiger partial charge in [0.15, 0.2) is 0 Å². The van der Waals surface area contributed by atoms with Gasteiger partial charge in [0.25, 0.3) is 0 Å². The Morgan fingerprint density at radius 3 is 2.71 bits per heavy atom. The zero-order chi connectivity index (χ0) is 10.6. The van der Waals surface area contributed by atoms with Crippen molar-refractivity contribution < 1.29 is 0 Å². The van der Waals surface area contributed by atoms with Crippen LogP contribution in [0.3, 0.4) is 0 Å². The highest BCUT2D eigenvalue weighted by molar-refractivity contribution is 4.89. The van der Waals surface area contributed by atoms with Crippen LogP contribution in [0.2, 0.25) is 0 Å². The minimum atomic E-state index is 0.314. The Hall–Kier alpha value is -0.120. The first kappa shape index (κ1) is 12.0. The van der Waals surface area contributed by atoms with Crippen LogP contribution in [0.4, 0.5) is 0 Å². The fraction of sp³-hybridized carbons (Fsp3) is 1.00. The third kappa shape index (κ3) is 4.40. The second-order valence-electron chi connectivity index (χ2n) is 5.26. The lowest BCUT2D eigenvalue weighted by molar-refractivity contribution is 0.243. The van der Waals surface area contributed by atoms with Crippen molar-refractivity contribution in [3.8, 4) is 0 Å². The zero-order valence-electron chi connectivity index (χ0n) is 10.1. The van der Waals surface area contributed by atoms with Gasteiger partial charge in [-0.05, 0) is 47.3 Å². The predicted octanol–water partition coefficient (Wildman–Crippen LogP) is 0.668. The summed E-state index contributed by atoms with van der Waals surface area (Å²) in [5.74, 6) is 0. The second-order valence-corrected chi connectivity index (χ2v) is 5.26. The number of rotatable bonds is 4. The standard InChI is InChI=1S/C11H25N3/c1-11(2)9-10(5-6-13-11)12-7-8-14(3)4/h10,12-13H,5-9H2,1-4H3. The van der Waals surface area contributed by atoms with Gasteiger partial charge in [-0.2, -0.15) is 0 Å². The van der Waals surface area contributed by atoms with Gasteiger partial charge in [0.1, 0.15) is 0 Å². The molecule has 0 saturated carbocycles. The third-order valence-electron chi connectivity index (χ3n) is 2.85. The van der Waals surface area contributed by atoms with Crippen molar-refractivity contribution in [2.24, 2.45) is 0 Å². The molecule has 0 spiro atoms.